The Bertz CT molecular complexity index is 1120. The molecular formula is C19H19N5O3S2. The standard InChI is InChI=1S/C19H19N5O3S2/c1-24-12-20-22-19(24)28-16-8-6-14(7-9-16)21-18(25)13-2-10-17(11-3-13)29(26,27)23-15-4-5-15/h2-3,6-12,15,23H,4-5H2,1H3,(H,21,25). The molecule has 0 saturated heterocycles. The van der Waals surface area contributed by atoms with Crippen LogP contribution in [0.4, 0.5) is 5.69 Å². The number of hydrogen-bond donors (Lipinski definition) is 2. The summed E-state index contributed by atoms with van der Waals surface area (Å²) < 4.78 is 28.8. The summed E-state index contributed by atoms with van der Waals surface area (Å²) >= 11 is 1.47. The van der Waals surface area contributed by atoms with Crippen LogP contribution in [0.25, 0.3) is 0 Å². The Morgan fingerprint density at radius 1 is 1.10 bits per heavy atom. The summed E-state index contributed by atoms with van der Waals surface area (Å²) in [6.07, 6.45) is 3.38. The smallest absolute Gasteiger partial charge is 0.255 e. The maximum Gasteiger partial charge on any atom is 0.255 e. The zero-order valence-corrected chi connectivity index (χ0v) is 17.2. The summed E-state index contributed by atoms with van der Waals surface area (Å²) in [5.74, 6) is -0.308. The zero-order chi connectivity index (χ0) is 20.4. The molecule has 3 aromatic rings. The molecule has 0 spiro atoms. The number of hydrogen-bond acceptors (Lipinski definition) is 6. The van der Waals surface area contributed by atoms with Gasteiger partial charge in [0, 0.05) is 29.2 Å². The van der Waals surface area contributed by atoms with Crippen LogP contribution in [0, 0.1) is 0 Å². The summed E-state index contributed by atoms with van der Waals surface area (Å²) in [6.45, 7) is 0. The fourth-order valence-corrected chi connectivity index (χ4v) is 4.62. The molecule has 1 aromatic heterocycles. The largest absolute Gasteiger partial charge is 0.322 e. The highest BCUT2D eigenvalue weighted by Crippen LogP contribution is 2.26. The van der Waals surface area contributed by atoms with E-state index in [1.165, 1.54) is 36.0 Å². The molecule has 0 unspecified atom stereocenters. The summed E-state index contributed by atoms with van der Waals surface area (Å²) in [4.78, 5) is 13.6. The predicted octanol–water partition coefficient (Wildman–Crippen LogP) is 2.66. The molecule has 29 heavy (non-hydrogen) atoms. The first-order chi connectivity index (χ1) is 13.9. The number of aryl methyl sites for hydroxylation is 1. The van der Waals surface area contributed by atoms with Gasteiger partial charge in [-0.2, -0.15) is 0 Å². The van der Waals surface area contributed by atoms with Gasteiger partial charge in [0.2, 0.25) is 10.0 Å². The van der Waals surface area contributed by atoms with Crippen molar-refractivity contribution < 1.29 is 13.2 Å². The van der Waals surface area contributed by atoms with E-state index >= 15 is 0 Å². The highest BCUT2D eigenvalue weighted by atomic mass is 32.2. The first-order valence-electron chi connectivity index (χ1n) is 8.96. The normalized spacial score (nSPS) is 14.0. The Morgan fingerprint density at radius 3 is 2.38 bits per heavy atom. The zero-order valence-electron chi connectivity index (χ0n) is 15.6. The molecule has 1 fully saturated rings. The highest BCUT2D eigenvalue weighted by molar-refractivity contribution is 7.99. The SMILES string of the molecule is Cn1cnnc1Sc1ccc(NC(=O)c2ccc(S(=O)(=O)NC3CC3)cc2)cc1. The maximum absolute atomic E-state index is 12.4. The molecule has 150 valence electrons. The lowest BCUT2D eigenvalue weighted by molar-refractivity contribution is 0.102. The summed E-state index contributed by atoms with van der Waals surface area (Å²) in [6, 6.07) is 13.3. The maximum atomic E-state index is 12.4. The number of amides is 1. The van der Waals surface area contributed by atoms with E-state index in [0.717, 1.165) is 22.9 Å². The number of benzene rings is 2. The Kier molecular flexibility index (Phi) is 5.39. The number of sulfonamides is 1. The number of nitrogens with one attached hydrogen (secondary N) is 2. The molecule has 0 radical (unpaired) electrons. The average Bonchev–Trinajstić information content (AvgIpc) is 3.42. The van der Waals surface area contributed by atoms with Crippen molar-refractivity contribution in [2.24, 2.45) is 7.05 Å². The van der Waals surface area contributed by atoms with Crippen molar-refractivity contribution >= 4 is 33.4 Å². The minimum atomic E-state index is -3.52. The third-order valence-corrected chi connectivity index (χ3v) is 6.91. The van der Waals surface area contributed by atoms with Gasteiger partial charge in [0.1, 0.15) is 6.33 Å². The van der Waals surface area contributed by atoms with E-state index in [-0.39, 0.29) is 16.8 Å². The van der Waals surface area contributed by atoms with Crippen molar-refractivity contribution in [3.8, 4) is 0 Å². The van der Waals surface area contributed by atoms with Crippen molar-refractivity contribution in [3.05, 3.63) is 60.4 Å². The quantitative estimate of drug-likeness (QED) is 0.598. The molecule has 0 atom stereocenters. The topological polar surface area (TPSA) is 106 Å². The Morgan fingerprint density at radius 2 is 1.79 bits per heavy atom. The fourth-order valence-electron chi connectivity index (χ4n) is 2.55. The highest BCUT2D eigenvalue weighted by Gasteiger charge is 2.27. The lowest BCUT2D eigenvalue weighted by Crippen LogP contribution is -2.25. The fraction of sp³-hybridized carbons (Fsp3) is 0.211. The van der Waals surface area contributed by atoms with Gasteiger partial charge in [0.25, 0.3) is 5.91 Å². The van der Waals surface area contributed by atoms with Gasteiger partial charge >= 0.3 is 0 Å². The van der Waals surface area contributed by atoms with Crippen molar-refractivity contribution in [2.75, 3.05) is 5.32 Å². The van der Waals surface area contributed by atoms with Crippen LogP contribution in [0.15, 0.2) is 69.8 Å². The second kappa shape index (κ2) is 7.97. The summed E-state index contributed by atoms with van der Waals surface area (Å²) in [5.41, 5.74) is 1.03. The molecule has 4 rings (SSSR count). The number of rotatable bonds is 7. The van der Waals surface area contributed by atoms with Gasteiger partial charge in [-0.25, -0.2) is 13.1 Å². The molecule has 1 aliphatic carbocycles. The van der Waals surface area contributed by atoms with E-state index in [9.17, 15) is 13.2 Å². The van der Waals surface area contributed by atoms with Crippen LogP contribution in [0.2, 0.25) is 0 Å². The molecular weight excluding hydrogens is 410 g/mol. The lowest BCUT2D eigenvalue weighted by Gasteiger charge is -2.08. The summed E-state index contributed by atoms with van der Waals surface area (Å²) in [7, 11) is -1.65. The number of anilines is 1. The molecule has 0 aliphatic heterocycles. The average molecular weight is 430 g/mol. The molecule has 1 aliphatic rings. The molecule has 8 nitrogen and oxygen atoms in total. The lowest BCUT2D eigenvalue weighted by atomic mass is 10.2. The van der Waals surface area contributed by atoms with Gasteiger partial charge in [-0.15, -0.1) is 10.2 Å². The Balaban J connectivity index is 1.39. The molecule has 2 aromatic carbocycles. The third-order valence-electron chi connectivity index (χ3n) is 4.32. The minimum absolute atomic E-state index is 0.0396. The third kappa shape index (κ3) is 4.84. The van der Waals surface area contributed by atoms with Gasteiger partial charge in [-0.1, -0.05) is 0 Å². The van der Waals surface area contributed by atoms with Gasteiger partial charge in [0.05, 0.1) is 4.90 Å². The number of nitrogens with zero attached hydrogens (tertiary/aromatic N) is 3. The molecule has 1 heterocycles. The van der Waals surface area contributed by atoms with Crippen LogP contribution in [-0.4, -0.2) is 35.1 Å². The monoisotopic (exact) mass is 429 g/mol. The first kappa shape index (κ1) is 19.6. The van der Waals surface area contributed by atoms with Crippen LogP contribution in [0.3, 0.4) is 0 Å². The molecule has 1 saturated carbocycles. The Labute approximate surface area is 172 Å². The van der Waals surface area contributed by atoms with E-state index in [1.54, 1.807) is 18.5 Å². The van der Waals surface area contributed by atoms with E-state index in [1.807, 2.05) is 23.7 Å². The van der Waals surface area contributed by atoms with Crippen molar-refractivity contribution in [3.63, 3.8) is 0 Å². The van der Waals surface area contributed by atoms with E-state index in [0.29, 0.717) is 11.3 Å². The van der Waals surface area contributed by atoms with Gasteiger partial charge in [-0.3, -0.25) is 4.79 Å². The van der Waals surface area contributed by atoms with Gasteiger partial charge in [0.15, 0.2) is 5.16 Å². The van der Waals surface area contributed by atoms with Crippen molar-refractivity contribution in [1.82, 2.24) is 19.5 Å². The second-order valence-electron chi connectivity index (χ2n) is 6.72. The first-order valence-corrected chi connectivity index (χ1v) is 11.3. The predicted molar refractivity (Wildman–Crippen MR) is 109 cm³/mol. The van der Waals surface area contributed by atoms with Crippen LogP contribution >= 0.6 is 11.8 Å². The molecule has 1 amide bonds. The van der Waals surface area contributed by atoms with Gasteiger partial charge < -0.3 is 9.88 Å². The molecule has 10 heteroatoms. The van der Waals surface area contributed by atoms with Crippen LogP contribution < -0.4 is 10.0 Å². The number of aromatic nitrogens is 3. The van der Waals surface area contributed by atoms with E-state index in [2.05, 4.69) is 20.2 Å². The second-order valence-corrected chi connectivity index (χ2v) is 9.48. The van der Waals surface area contributed by atoms with E-state index in [4.69, 9.17) is 0 Å². The molecule has 2 N–H and O–H groups in total. The van der Waals surface area contributed by atoms with Crippen LogP contribution in [0.5, 0.6) is 0 Å². The van der Waals surface area contributed by atoms with Crippen LogP contribution in [0.1, 0.15) is 23.2 Å². The van der Waals surface area contributed by atoms with Gasteiger partial charge in [-0.05, 0) is 73.1 Å². The van der Waals surface area contributed by atoms with Crippen molar-refractivity contribution in [1.29, 1.82) is 0 Å². The van der Waals surface area contributed by atoms with Crippen molar-refractivity contribution in [2.45, 2.75) is 33.8 Å². The number of carbonyl (C=O) groups excluding carboxylic acids is 1. The minimum Gasteiger partial charge on any atom is -0.322 e. The number of carbonyl (C=O) groups is 1. The summed E-state index contributed by atoms with van der Waals surface area (Å²) in [5, 5.41) is 11.4. The Hall–Kier alpha value is -2.69. The molecule has 0 bridgehead atoms. The van der Waals surface area contributed by atoms with E-state index < -0.39 is 10.0 Å². The van der Waals surface area contributed by atoms with Crippen LogP contribution in [-0.2, 0) is 17.1 Å².